The van der Waals surface area contributed by atoms with E-state index >= 15 is 0 Å². The number of rotatable bonds is 6. The number of carbonyl (C=O) groups is 1. The van der Waals surface area contributed by atoms with Gasteiger partial charge in [-0.2, -0.15) is 0 Å². The minimum absolute atomic E-state index is 0.112. The highest BCUT2D eigenvalue weighted by molar-refractivity contribution is 5.77. The van der Waals surface area contributed by atoms with Crippen molar-refractivity contribution in [1.29, 1.82) is 0 Å². The van der Waals surface area contributed by atoms with Crippen LogP contribution in [0.5, 0.6) is 0 Å². The molecule has 0 radical (unpaired) electrons. The molecule has 1 unspecified atom stereocenters. The standard InChI is InChI=1S/C14H23N3O/c1-16(2)14(18)11-17(3)10-13(9-15)12-7-5-4-6-8-12/h4-8,13H,9-11,15H2,1-3H3. The molecule has 0 saturated carbocycles. The molecule has 2 N–H and O–H groups in total. The molecule has 1 amide bonds. The lowest BCUT2D eigenvalue weighted by Gasteiger charge is -2.24. The lowest BCUT2D eigenvalue weighted by atomic mass is 9.99. The Morgan fingerprint density at radius 1 is 1.22 bits per heavy atom. The van der Waals surface area contributed by atoms with E-state index in [0.29, 0.717) is 13.1 Å². The Bertz CT molecular complexity index is 365. The molecule has 1 rings (SSSR count). The topological polar surface area (TPSA) is 49.6 Å². The smallest absolute Gasteiger partial charge is 0.236 e. The highest BCUT2D eigenvalue weighted by Crippen LogP contribution is 2.14. The molecular weight excluding hydrogens is 226 g/mol. The summed E-state index contributed by atoms with van der Waals surface area (Å²) in [4.78, 5) is 15.2. The van der Waals surface area contributed by atoms with Crippen molar-refractivity contribution < 1.29 is 4.79 Å². The van der Waals surface area contributed by atoms with E-state index in [4.69, 9.17) is 5.73 Å². The second kappa shape index (κ2) is 7.13. The maximum atomic E-state index is 11.6. The Morgan fingerprint density at radius 2 is 1.83 bits per heavy atom. The van der Waals surface area contributed by atoms with Gasteiger partial charge in [0.2, 0.25) is 5.91 Å². The third kappa shape index (κ3) is 4.47. The van der Waals surface area contributed by atoms with Crippen molar-refractivity contribution in [2.24, 2.45) is 5.73 Å². The van der Waals surface area contributed by atoms with Gasteiger partial charge in [-0.1, -0.05) is 30.3 Å². The van der Waals surface area contributed by atoms with Crippen molar-refractivity contribution >= 4 is 5.91 Å². The van der Waals surface area contributed by atoms with Gasteiger partial charge in [0.25, 0.3) is 0 Å². The van der Waals surface area contributed by atoms with Crippen LogP contribution in [-0.2, 0) is 4.79 Å². The first kappa shape index (κ1) is 14.7. The van der Waals surface area contributed by atoms with Gasteiger partial charge in [-0.3, -0.25) is 9.69 Å². The normalized spacial score (nSPS) is 12.5. The van der Waals surface area contributed by atoms with Gasteiger partial charge in [-0.25, -0.2) is 0 Å². The summed E-state index contributed by atoms with van der Waals surface area (Å²) in [6.45, 7) is 1.81. The quantitative estimate of drug-likeness (QED) is 0.809. The largest absolute Gasteiger partial charge is 0.348 e. The monoisotopic (exact) mass is 249 g/mol. The Morgan fingerprint density at radius 3 is 2.33 bits per heavy atom. The number of nitrogens with zero attached hydrogens (tertiary/aromatic N) is 2. The van der Waals surface area contributed by atoms with Gasteiger partial charge in [-0.15, -0.1) is 0 Å². The summed E-state index contributed by atoms with van der Waals surface area (Å²) in [6, 6.07) is 10.2. The third-order valence-corrected chi connectivity index (χ3v) is 2.99. The maximum absolute atomic E-state index is 11.6. The summed E-state index contributed by atoms with van der Waals surface area (Å²) in [5, 5.41) is 0. The van der Waals surface area contributed by atoms with Crippen molar-refractivity contribution in [2.45, 2.75) is 5.92 Å². The van der Waals surface area contributed by atoms with Crippen molar-refractivity contribution in [3.63, 3.8) is 0 Å². The maximum Gasteiger partial charge on any atom is 0.236 e. The van der Waals surface area contributed by atoms with Crippen LogP contribution in [0.3, 0.4) is 0 Å². The number of likely N-dealkylation sites (N-methyl/N-ethyl adjacent to an activating group) is 2. The first-order valence-electron chi connectivity index (χ1n) is 6.18. The fourth-order valence-corrected chi connectivity index (χ4v) is 1.85. The zero-order chi connectivity index (χ0) is 13.5. The molecule has 0 fully saturated rings. The highest BCUT2D eigenvalue weighted by Gasteiger charge is 2.15. The van der Waals surface area contributed by atoms with Gasteiger partial charge >= 0.3 is 0 Å². The molecule has 4 heteroatoms. The Balaban J connectivity index is 2.56. The van der Waals surface area contributed by atoms with Gasteiger partial charge in [-0.05, 0) is 12.6 Å². The molecule has 0 heterocycles. The molecule has 1 atom stereocenters. The second-order valence-corrected chi connectivity index (χ2v) is 4.83. The molecular formula is C14H23N3O. The zero-order valence-corrected chi connectivity index (χ0v) is 11.5. The van der Waals surface area contributed by atoms with E-state index in [1.807, 2.05) is 30.1 Å². The van der Waals surface area contributed by atoms with E-state index in [-0.39, 0.29) is 11.8 Å². The minimum Gasteiger partial charge on any atom is -0.348 e. The molecule has 0 spiro atoms. The fourth-order valence-electron chi connectivity index (χ4n) is 1.85. The Labute approximate surface area is 109 Å². The van der Waals surface area contributed by atoms with Gasteiger partial charge < -0.3 is 10.6 Å². The van der Waals surface area contributed by atoms with E-state index in [0.717, 1.165) is 6.54 Å². The van der Waals surface area contributed by atoms with Crippen molar-refractivity contribution in [2.75, 3.05) is 40.8 Å². The van der Waals surface area contributed by atoms with Crippen LogP contribution < -0.4 is 5.73 Å². The van der Waals surface area contributed by atoms with E-state index in [9.17, 15) is 4.79 Å². The number of nitrogens with two attached hydrogens (primary N) is 1. The fraction of sp³-hybridized carbons (Fsp3) is 0.500. The zero-order valence-electron chi connectivity index (χ0n) is 11.5. The van der Waals surface area contributed by atoms with Gasteiger partial charge in [0.1, 0.15) is 0 Å². The number of amides is 1. The number of hydrogen-bond acceptors (Lipinski definition) is 3. The molecule has 100 valence electrons. The van der Waals surface area contributed by atoms with Crippen LogP contribution in [0.4, 0.5) is 0 Å². The van der Waals surface area contributed by atoms with Gasteiger partial charge in [0.15, 0.2) is 0 Å². The predicted molar refractivity (Wildman–Crippen MR) is 74.4 cm³/mol. The Hall–Kier alpha value is -1.39. The average Bonchev–Trinajstić information content (AvgIpc) is 2.36. The van der Waals surface area contributed by atoms with Gasteiger partial charge in [0.05, 0.1) is 6.54 Å². The van der Waals surface area contributed by atoms with Crippen LogP contribution in [0, 0.1) is 0 Å². The van der Waals surface area contributed by atoms with Crippen molar-refractivity contribution in [3.05, 3.63) is 35.9 Å². The van der Waals surface area contributed by atoms with Crippen LogP contribution in [0.25, 0.3) is 0 Å². The van der Waals surface area contributed by atoms with Crippen molar-refractivity contribution in [1.82, 2.24) is 9.80 Å². The van der Waals surface area contributed by atoms with Crippen LogP contribution in [0.1, 0.15) is 11.5 Å². The number of carbonyl (C=O) groups excluding carboxylic acids is 1. The van der Waals surface area contributed by atoms with E-state index in [1.54, 1.807) is 19.0 Å². The van der Waals surface area contributed by atoms with Crippen LogP contribution >= 0.6 is 0 Å². The molecule has 0 aromatic heterocycles. The first-order valence-corrected chi connectivity index (χ1v) is 6.18. The lowest BCUT2D eigenvalue weighted by Crippen LogP contribution is -2.37. The first-order chi connectivity index (χ1) is 8.54. The SMILES string of the molecule is CN(CC(=O)N(C)C)CC(CN)c1ccccc1. The number of benzene rings is 1. The molecule has 0 aliphatic carbocycles. The lowest BCUT2D eigenvalue weighted by molar-refractivity contribution is -0.129. The van der Waals surface area contributed by atoms with Crippen LogP contribution in [0.15, 0.2) is 30.3 Å². The van der Waals surface area contributed by atoms with Crippen LogP contribution in [0.2, 0.25) is 0 Å². The molecule has 0 bridgehead atoms. The van der Waals surface area contributed by atoms with E-state index in [1.165, 1.54) is 5.56 Å². The van der Waals surface area contributed by atoms with Crippen molar-refractivity contribution in [3.8, 4) is 0 Å². The van der Waals surface area contributed by atoms with Gasteiger partial charge in [0, 0.05) is 33.1 Å². The summed E-state index contributed by atoms with van der Waals surface area (Å²) in [5.41, 5.74) is 7.05. The summed E-state index contributed by atoms with van der Waals surface area (Å²) in [5.74, 6) is 0.382. The highest BCUT2D eigenvalue weighted by atomic mass is 16.2. The average molecular weight is 249 g/mol. The third-order valence-electron chi connectivity index (χ3n) is 2.99. The molecule has 18 heavy (non-hydrogen) atoms. The summed E-state index contributed by atoms with van der Waals surface area (Å²) >= 11 is 0. The molecule has 0 aliphatic heterocycles. The summed E-state index contributed by atoms with van der Waals surface area (Å²) in [7, 11) is 5.49. The summed E-state index contributed by atoms with van der Waals surface area (Å²) in [6.07, 6.45) is 0. The molecule has 0 aliphatic rings. The predicted octanol–water partition coefficient (Wildman–Crippen LogP) is 0.749. The molecule has 1 aromatic rings. The molecule has 1 aromatic carbocycles. The van der Waals surface area contributed by atoms with E-state index < -0.39 is 0 Å². The minimum atomic E-state index is 0.112. The van der Waals surface area contributed by atoms with E-state index in [2.05, 4.69) is 12.1 Å². The Kier molecular flexibility index (Phi) is 5.82. The summed E-state index contributed by atoms with van der Waals surface area (Å²) < 4.78 is 0. The van der Waals surface area contributed by atoms with Crippen LogP contribution in [-0.4, -0.2) is 56.5 Å². The number of hydrogen-bond donors (Lipinski definition) is 1. The second-order valence-electron chi connectivity index (χ2n) is 4.83. The molecule has 4 nitrogen and oxygen atoms in total. The molecule has 0 saturated heterocycles.